The molecule has 5 nitrogen and oxygen atoms in total. The summed E-state index contributed by atoms with van der Waals surface area (Å²) in [6, 6.07) is 6.31. The van der Waals surface area contributed by atoms with Gasteiger partial charge in [-0.1, -0.05) is 30.2 Å². The van der Waals surface area contributed by atoms with Crippen LogP contribution in [0.15, 0.2) is 18.2 Å². The first-order chi connectivity index (χ1) is 12.7. The summed E-state index contributed by atoms with van der Waals surface area (Å²) in [6.07, 6.45) is 4.40. The van der Waals surface area contributed by atoms with E-state index in [1.807, 2.05) is 4.90 Å². The van der Waals surface area contributed by atoms with Crippen molar-refractivity contribution in [3.63, 3.8) is 0 Å². The lowest BCUT2D eigenvalue weighted by Gasteiger charge is -2.30. The lowest BCUT2D eigenvalue weighted by atomic mass is 10.1. The molecule has 2 aromatic rings. The lowest BCUT2D eigenvalue weighted by molar-refractivity contribution is -0.122. The van der Waals surface area contributed by atoms with E-state index in [2.05, 4.69) is 30.0 Å². The molecule has 140 valence electrons. The van der Waals surface area contributed by atoms with E-state index >= 15 is 0 Å². The molecule has 0 spiro atoms. The summed E-state index contributed by atoms with van der Waals surface area (Å²) < 4.78 is 6.60. The van der Waals surface area contributed by atoms with Gasteiger partial charge in [0, 0.05) is 32.1 Å². The highest BCUT2D eigenvalue weighted by molar-refractivity contribution is 7.22. The van der Waals surface area contributed by atoms with E-state index in [-0.39, 0.29) is 11.8 Å². The largest absolute Gasteiger partial charge is 0.379 e. The zero-order valence-corrected chi connectivity index (χ0v) is 16.3. The van der Waals surface area contributed by atoms with E-state index in [1.165, 1.54) is 18.4 Å². The number of ether oxygens (including phenoxy) is 1. The molecule has 6 heteroatoms. The fourth-order valence-electron chi connectivity index (χ4n) is 3.89. The van der Waals surface area contributed by atoms with Crippen molar-refractivity contribution in [2.24, 2.45) is 5.92 Å². The molecule has 0 unspecified atom stereocenters. The van der Waals surface area contributed by atoms with E-state index in [4.69, 9.17) is 9.72 Å². The molecule has 1 aromatic heterocycles. The smallest absolute Gasteiger partial charge is 0.231 e. The van der Waals surface area contributed by atoms with E-state index in [9.17, 15) is 4.79 Å². The van der Waals surface area contributed by atoms with E-state index < -0.39 is 0 Å². The SMILES string of the molecule is Cc1ccc2nc(N(CCN3CCOCC3)C(=O)C3CCCC3)sc2c1. The van der Waals surface area contributed by atoms with Gasteiger partial charge in [-0.3, -0.25) is 14.6 Å². The van der Waals surface area contributed by atoms with E-state index in [1.54, 1.807) is 11.3 Å². The van der Waals surface area contributed by atoms with Crippen molar-refractivity contribution in [3.05, 3.63) is 23.8 Å². The molecule has 1 aliphatic heterocycles. The third kappa shape index (κ3) is 3.92. The average Bonchev–Trinajstić information content (AvgIpc) is 3.32. The third-order valence-corrected chi connectivity index (χ3v) is 6.52. The van der Waals surface area contributed by atoms with Crippen LogP contribution in [0, 0.1) is 12.8 Å². The van der Waals surface area contributed by atoms with Gasteiger partial charge in [0.25, 0.3) is 0 Å². The monoisotopic (exact) mass is 373 g/mol. The Kier molecular flexibility index (Phi) is 5.52. The minimum absolute atomic E-state index is 0.174. The molecule has 0 radical (unpaired) electrons. The Morgan fingerprint density at radius 2 is 2.08 bits per heavy atom. The Balaban J connectivity index is 1.56. The quantitative estimate of drug-likeness (QED) is 0.805. The minimum Gasteiger partial charge on any atom is -0.379 e. The number of aromatic nitrogens is 1. The van der Waals surface area contributed by atoms with Gasteiger partial charge in [-0.2, -0.15) is 0 Å². The lowest BCUT2D eigenvalue weighted by Crippen LogP contribution is -2.44. The first-order valence-electron chi connectivity index (χ1n) is 9.69. The standard InChI is InChI=1S/C20H27N3O2S/c1-15-6-7-17-18(14-15)26-20(21-17)23(19(24)16-4-2-3-5-16)9-8-22-10-12-25-13-11-22/h6-7,14,16H,2-5,8-13H2,1H3. The second-order valence-electron chi connectivity index (χ2n) is 7.39. The van der Waals surface area contributed by atoms with Gasteiger partial charge in [-0.15, -0.1) is 0 Å². The van der Waals surface area contributed by atoms with Crippen LogP contribution in [0.3, 0.4) is 0 Å². The summed E-state index contributed by atoms with van der Waals surface area (Å²) in [5, 5.41) is 0.857. The normalized spacial score (nSPS) is 19.3. The zero-order chi connectivity index (χ0) is 17.9. The minimum atomic E-state index is 0.174. The van der Waals surface area contributed by atoms with Gasteiger partial charge in [-0.05, 0) is 37.5 Å². The van der Waals surface area contributed by atoms with Crippen LogP contribution >= 0.6 is 11.3 Å². The predicted molar refractivity (Wildman–Crippen MR) is 106 cm³/mol. The Hall–Kier alpha value is -1.50. The van der Waals surface area contributed by atoms with Gasteiger partial charge >= 0.3 is 0 Å². The molecule has 2 heterocycles. The molecule has 0 atom stereocenters. The van der Waals surface area contributed by atoms with Crippen LogP contribution in [0.4, 0.5) is 5.13 Å². The topological polar surface area (TPSA) is 45.7 Å². The van der Waals surface area contributed by atoms with Crippen molar-refractivity contribution in [3.8, 4) is 0 Å². The van der Waals surface area contributed by atoms with Gasteiger partial charge < -0.3 is 4.74 Å². The maximum absolute atomic E-state index is 13.2. The number of aryl methyl sites for hydroxylation is 1. The van der Waals surface area contributed by atoms with Gasteiger partial charge in [0.05, 0.1) is 23.4 Å². The number of carbonyl (C=O) groups excluding carboxylic acids is 1. The van der Waals surface area contributed by atoms with Crippen molar-refractivity contribution >= 4 is 32.6 Å². The number of morpholine rings is 1. The number of rotatable bonds is 5. The summed E-state index contributed by atoms with van der Waals surface area (Å²) in [5.74, 6) is 0.444. The third-order valence-electron chi connectivity index (χ3n) is 5.48. The van der Waals surface area contributed by atoms with Crippen LogP contribution in [-0.2, 0) is 9.53 Å². The first-order valence-corrected chi connectivity index (χ1v) is 10.5. The zero-order valence-electron chi connectivity index (χ0n) is 15.4. The van der Waals surface area contributed by atoms with Crippen LogP contribution in [0.25, 0.3) is 10.2 Å². The highest BCUT2D eigenvalue weighted by Crippen LogP contribution is 2.33. The molecule has 1 aromatic carbocycles. The van der Waals surface area contributed by atoms with Crippen LogP contribution in [-0.4, -0.2) is 55.2 Å². The van der Waals surface area contributed by atoms with Crippen molar-refractivity contribution in [2.45, 2.75) is 32.6 Å². The highest BCUT2D eigenvalue weighted by atomic mass is 32.1. The summed E-state index contributed by atoms with van der Waals surface area (Å²) in [6.45, 7) is 7.17. The van der Waals surface area contributed by atoms with Gasteiger partial charge in [0.15, 0.2) is 5.13 Å². The van der Waals surface area contributed by atoms with Crippen LogP contribution < -0.4 is 4.90 Å². The molecule has 2 fully saturated rings. The Morgan fingerprint density at radius 1 is 1.31 bits per heavy atom. The Labute approximate surface area is 159 Å². The number of benzene rings is 1. The van der Waals surface area contributed by atoms with Crippen molar-refractivity contribution in [2.75, 3.05) is 44.3 Å². The van der Waals surface area contributed by atoms with E-state index in [0.29, 0.717) is 6.54 Å². The highest BCUT2D eigenvalue weighted by Gasteiger charge is 2.30. The number of nitrogens with zero attached hydrogens (tertiary/aromatic N) is 3. The molecule has 0 N–H and O–H groups in total. The molecule has 26 heavy (non-hydrogen) atoms. The van der Waals surface area contributed by atoms with Crippen molar-refractivity contribution < 1.29 is 9.53 Å². The second kappa shape index (κ2) is 8.03. The molecule has 2 aliphatic rings. The van der Waals surface area contributed by atoms with Crippen LogP contribution in [0.5, 0.6) is 0 Å². The molecule has 4 rings (SSSR count). The summed E-state index contributed by atoms with van der Waals surface area (Å²) in [4.78, 5) is 22.4. The molecular weight excluding hydrogens is 346 g/mol. The van der Waals surface area contributed by atoms with Gasteiger partial charge in [0.1, 0.15) is 0 Å². The molecule has 1 saturated carbocycles. The number of hydrogen-bond acceptors (Lipinski definition) is 5. The molecular formula is C20H27N3O2S. The number of carbonyl (C=O) groups is 1. The number of fused-ring (bicyclic) bond motifs is 1. The molecule has 1 aliphatic carbocycles. The average molecular weight is 374 g/mol. The molecule has 0 bridgehead atoms. The van der Waals surface area contributed by atoms with Crippen molar-refractivity contribution in [1.82, 2.24) is 9.88 Å². The molecule has 1 saturated heterocycles. The number of thiazole rings is 1. The van der Waals surface area contributed by atoms with Crippen molar-refractivity contribution in [1.29, 1.82) is 0 Å². The van der Waals surface area contributed by atoms with Gasteiger partial charge in [0.2, 0.25) is 5.91 Å². The number of anilines is 1. The van der Waals surface area contributed by atoms with E-state index in [0.717, 1.165) is 61.0 Å². The van der Waals surface area contributed by atoms with Crippen LogP contribution in [0.1, 0.15) is 31.2 Å². The molecule has 1 amide bonds. The second-order valence-corrected chi connectivity index (χ2v) is 8.40. The number of hydrogen-bond donors (Lipinski definition) is 0. The Morgan fingerprint density at radius 3 is 2.85 bits per heavy atom. The van der Waals surface area contributed by atoms with Gasteiger partial charge in [-0.25, -0.2) is 4.98 Å². The predicted octanol–water partition coefficient (Wildman–Crippen LogP) is 3.46. The maximum atomic E-state index is 13.2. The maximum Gasteiger partial charge on any atom is 0.231 e. The summed E-state index contributed by atoms with van der Waals surface area (Å²) in [7, 11) is 0. The van der Waals surface area contributed by atoms with Crippen LogP contribution in [0.2, 0.25) is 0 Å². The summed E-state index contributed by atoms with van der Waals surface area (Å²) >= 11 is 1.64. The Bertz CT molecular complexity index is 764. The summed E-state index contributed by atoms with van der Waals surface area (Å²) in [5.41, 5.74) is 2.22. The fourth-order valence-corrected chi connectivity index (χ4v) is 4.99. The first kappa shape index (κ1) is 17.9. The number of amides is 1. The fraction of sp³-hybridized carbons (Fsp3) is 0.600.